The molecule has 0 amide bonds. The van der Waals surface area contributed by atoms with E-state index in [1.165, 1.54) is 22.6 Å². The number of benzene rings is 1. The predicted octanol–water partition coefficient (Wildman–Crippen LogP) is 5.98. The molecule has 0 aliphatic carbocycles. The van der Waals surface area contributed by atoms with Crippen LogP contribution in [-0.2, 0) is 5.67 Å². The van der Waals surface area contributed by atoms with Gasteiger partial charge in [0, 0.05) is 13.6 Å². The SMILES string of the molecule is FC(F)(F)C(F)(F)C(F)(c1cc(Br)cc(I)c1)C(F)(F)F. The molecule has 1 atom stereocenters. The first-order chi connectivity index (χ1) is 9.14. The highest BCUT2D eigenvalue weighted by atomic mass is 127. The molecule has 1 unspecified atom stereocenters. The van der Waals surface area contributed by atoms with Crippen LogP contribution in [0.3, 0.4) is 0 Å². The van der Waals surface area contributed by atoms with Gasteiger partial charge < -0.3 is 0 Å². The van der Waals surface area contributed by atoms with Crippen molar-refractivity contribution in [1.82, 2.24) is 0 Å². The van der Waals surface area contributed by atoms with Gasteiger partial charge in [-0.1, -0.05) is 15.9 Å². The standard InChI is InChI=1S/C10H3BrF9I/c11-5-1-4(2-6(21)3-5)7(12,9(15,16)17)8(13,14)10(18,19)20/h1-3H. The molecule has 0 aromatic heterocycles. The number of rotatable bonds is 2. The first-order valence-corrected chi connectivity index (χ1v) is 6.68. The van der Waals surface area contributed by atoms with Gasteiger partial charge in [-0.05, 0) is 40.8 Å². The average Bonchev–Trinajstić information content (AvgIpc) is 2.22. The van der Waals surface area contributed by atoms with Gasteiger partial charge in [-0.25, -0.2) is 4.39 Å². The molecule has 120 valence electrons. The third-order valence-corrected chi connectivity index (χ3v) is 3.52. The van der Waals surface area contributed by atoms with Crippen molar-refractivity contribution in [3.8, 4) is 0 Å². The van der Waals surface area contributed by atoms with Crippen molar-refractivity contribution in [3.05, 3.63) is 31.8 Å². The van der Waals surface area contributed by atoms with Crippen LogP contribution in [-0.4, -0.2) is 18.3 Å². The largest absolute Gasteiger partial charge is 0.457 e. The molecule has 0 aliphatic rings. The average molecular weight is 501 g/mol. The van der Waals surface area contributed by atoms with E-state index in [9.17, 15) is 39.5 Å². The Hall–Kier alpha value is -0.200. The van der Waals surface area contributed by atoms with Crippen molar-refractivity contribution in [2.24, 2.45) is 0 Å². The summed E-state index contributed by atoms with van der Waals surface area (Å²) in [5, 5.41) is 0. The normalized spacial score (nSPS) is 16.7. The first kappa shape index (κ1) is 18.8. The van der Waals surface area contributed by atoms with E-state index in [2.05, 4.69) is 15.9 Å². The molecule has 0 radical (unpaired) electrons. The van der Waals surface area contributed by atoms with Crippen LogP contribution in [0.1, 0.15) is 5.56 Å². The van der Waals surface area contributed by atoms with Crippen LogP contribution in [0.5, 0.6) is 0 Å². The minimum absolute atomic E-state index is 0.152. The minimum Gasteiger partial charge on any atom is -0.221 e. The molecule has 0 nitrogen and oxygen atoms in total. The lowest BCUT2D eigenvalue weighted by Gasteiger charge is -2.36. The van der Waals surface area contributed by atoms with Crippen LogP contribution in [0.25, 0.3) is 0 Å². The van der Waals surface area contributed by atoms with Gasteiger partial charge in [-0.2, -0.15) is 35.1 Å². The van der Waals surface area contributed by atoms with Crippen molar-refractivity contribution in [2.45, 2.75) is 23.9 Å². The summed E-state index contributed by atoms with van der Waals surface area (Å²) in [5.74, 6) is -6.65. The number of hydrogen-bond acceptors (Lipinski definition) is 0. The lowest BCUT2D eigenvalue weighted by molar-refractivity contribution is -0.389. The Kier molecular flexibility index (Phi) is 4.90. The zero-order valence-corrected chi connectivity index (χ0v) is 13.1. The molecule has 1 rings (SSSR count). The molecule has 21 heavy (non-hydrogen) atoms. The van der Waals surface area contributed by atoms with Gasteiger partial charge in [0.25, 0.3) is 0 Å². The molecule has 0 spiro atoms. The fourth-order valence-corrected chi connectivity index (χ4v) is 3.06. The van der Waals surface area contributed by atoms with Crippen molar-refractivity contribution in [3.63, 3.8) is 0 Å². The zero-order valence-electron chi connectivity index (χ0n) is 9.39. The van der Waals surface area contributed by atoms with Gasteiger partial charge in [-0.3, -0.25) is 0 Å². The van der Waals surface area contributed by atoms with Gasteiger partial charge in [0.2, 0.25) is 0 Å². The summed E-state index contributed by atoms with van der Waals surface area (Å²) in [4.78, 5) is 0. The summed E-state index contributed by atoms with van der Waals surface area (Å²) in [7, 11) is 0. The van der Waals surface area contributed by atoms with Gasteiger partial charge in [0.15, 0.2) is 0 Å². The third kappa shape index (κ3) is 3.13. The van der Waals surface area contributed by atoms with E-state index in [4.69, 9.17) is 0 Å². The van der Waals surface area contributed by atoms with E-state index < -0.39 is 29.5 Å². The molecule has 0 heterocycles. The second-order valence-electron chi connectivity index (χ2n) is 3.89. The van der Waals surface area contributed by atoms with Crippen LogP contribution in [0, 0.1) is 3.57 Å². The molecular formula is C10H3BrF9I. The Bertz CT molecular complexity index is 516. The highest BCUT2D eigenvalue weighted by Gasteiger charge is 2.81. The lowest BCUT2D eigenvalue weighted by Crippen LogP contribution is -2.59. The molecule has 1 aromatic carbocycles. The Balaban J connectivity index is 3.71. The maximum absolute atomic E-state index is 14.0. The first-order valence-electron chi connectivity index (χ1n) is 4.81. The smallest absolute Gasteiger partial charge is 0.221 e. The van der Waals surface area contributed by atoms with E-state index >= 15 is 0 Å². The van der Waals surface area contributed by atoms with E-state index in [0.29, 0.717) is 0 Å². The molecule has 1 aromatic rings. The number of halogens is 11. The lowest BCUT2D eigenvalue weighted by atomic mass is 9.88. The Morgan fingerprint density at radius 2 is 1.24 bits per heavy atom. The van der Waals surface area contributed by atoms with Crippen LogP contribution >= 0.6 is 38.5 Å². The molecule has 0 fully saturated rings. The monoisotopic (exact) mass is 500 g/mol. The third-order valence-electron chi connectivity index (χ3n) is 2.44. The Labute approximate surface area is 134 Å². The molecule has 0 aliphatic heterocycles. The fourth-order valence-electron chi connectivity index (χ4n) is 1.47. The maximum Gasteiger partial charge on any atom is 0.457 e. The van der Waals surface area contributed by atoms with E-state index in [1.807, 2.05) is 0 Å². The van der Waals surface area contributed by atoms with Crippen LogP contribution < -0.4 is 0 Å². The highest BCUT2D eigenvalue weighted by Crippen LogP contribution is 2.58. The second kappa shape index (κ2) is 5.46. The summed E-state index contributed by atoms with van der Waals surface area (Å²) in [6, 6.07) is 1.63. The zero-order chi connectivity index (χ0) is 16.9. The quantitative estimate of drug-likeness (QED) is 0.346. The Morgan fingerprint density at radius 3 is 1.57 bits per heavy atom. The highest BCUT2D eigenvalue weighted by molar-refractivity contribution is 14.1. The topological polar surface area (TPSA) is 0 Å². The molecule has 0 N–H and O–H groups in total. The molecule has 0 bridgehead atoms. The summed E-state index contributed by atoms with van der Waals surface area (Å²) >= 11 is 3.98. The van der Waals surface area contributed by atoms with E-state index in [0.717, 1.165) is 6.07 Å². The van der Waals surface area contributed by atoms with Crippen LogP contribution in [0.2, 0.25) is 0 Å². The van der Waals surface area contributed by atoms with Crippen LogP contribution in [0.15, 0.2) is 22.7 Å². The summed E-state index contributed by atoms with van der Waals surface area (Å²) < 4.78 is 115. The minimum atomic E-state index is -6.72. The molecule has 0 saturated heterocycles. The van der Waals surface area contributed by atoms with Crippen molar-refractivity contribution >= 4 is 38.5 Å². The van der Waals surface area contributed by atoms with Gasteiger partial charge in [0.05, 0.1) is 0 Å². The van der Waals surface area contributed by atoms with Gasteiger partial charge >= 0.3 is 23.9 Å². The number of alkyl halides is 9. The summed E-state index contributed by atoms with van der Waals surface area (Å²) in [6.45, 7) is 0. The van der Waals surface area contributed by atoms with Gasteiger partial charge in [-0.15, -0.1) is 0 Å². The van der Waals surface area contributed by atoms with Crippen molar-refractivity contribution < 1.29 is 39.5 Å². The molecule has 0 saturated carbocycles. The summed E-state index contributed by atoms with van der Waals surface area (Å²) in [5.41, 5.74) is -7.74. The predicted molar refractivity (Wildman–Crippen MR) is 66.7 cm³/mol. The number of hydrogen-bond donors (Lipinski definition) is 0. The second-order valence-corrected chi connectivity index (χ2v) is 6.05. The van der Waals surface area contributed by atoms with Crippen LogP contribution in [0.4, 0.5) is 39.5 Å². The summed E-state index contributed by atoms with van der Waals surface area (Å²) in [6.07, 6.45) is -13.2. The van der Waals surface area contributed by atoms with Gasteiger partial charge in [0.1, 0.15) is 0 Å². The maximum atomic E-state index is 14.0. The Morgan fingerprint density at radius 1 is 0.762 bits per heavy atom. The van der Waals surface area contributed by atoms with E-state index in [1.54, 1.807) is 0 Å². The molecule has 11 heteroatoms. The van der Waals surface area contributed by atoms with Crippen molar-refractivity contribution in [2.75, 3.05) is 0 Å². The fraction of sp³-hybridized carbons (Fsp3) is 0.400. The van der Waals surface area contributed by atoms with Crippen molar-refractivity contribution in [1.29, 1.82) is 0 Å². The van der Waals surface area contributed by atoms with E-state index in [-0.39, 0.29) is 20.2 Å². The molecular weight excluding hydrogens is 498 g/mol.